The highest BCUT2D eigenvalue weighted by Gasteiger charge is 2.38. The predicted octanol–water partition coefficient (Wildman–Crippen LogP) is 3.96. The van der Waals surface area contributed by atoms with Crippen LogP contribution in [0.25, 0.3) is 0 Å². The Hall–Kier alpha value is -3.96. The number of carbonyl (C=O) groups excluding carboxylic acids is 2. The number of hydrogen-bond donors (Lipinski definition) is 2. The van der Waals surface area contributed by atoms with E-state index < -0.39 is 32.9 Å². The molecule has 2 N–H and O–H groups in total. The number of nitro groups is 1. The third-order valence-corrected chi connectivity index (χ3v) is 7.25. The molecule has 10 nitrogen and oxygen atoms in total. The molecule has 0 unspecified atom stereocenters. The van der Waals surface area contributed by atoms with Crippen molar-refractivity contribution < 1.29 is 22.9 Å². The average molecular weight is 501 g/mol. The van der Waals surface area contributed by atoms with Gasteiger partial charge in [0.1, 0.15) is 0 Å². The van der Waals surface area contributed by atoms with E-state index >= 15 is 0 Å². The van der Waals surface area contributed by atoms with Crippen molar-refractivity contribution in [1.82, 2.24) is 9.62 Å². The highest BCUT2D eigenvalue weighted by Crippen LogP contribution is 2.30. The summed E-state index contributed by atoms with van der Waals surface area (Å²) in [6, 6.07) is 16.4. The van der Waals surface area contributed by atoms with Crippen LogP contribution in [-0.2, 0) is 10.0 Å². The Kier molecular flexibility index (Phi) is 6.22. The van der Waals surface area contributed by atoms with Crippen molar-refractivity contribution in [2.24, 2.45) is 0 Å². The molecule has 0 radical (unpaired) electrons. The van der Waals surface area contributed by atoms with Crippen molar-refractivity contribution in [3.8, 4) is 0 Å². The normalized spacial score (nSPS) is 15.6. The number of benzene rings is 3. The van der Waals surface area contributed by atoms with Crippen molar-refractivity contribution >= 4 is 44.9 Å². The van der Waals surface area contributed by atoms with E-state index in [0.717, 1.165) is 15.9 Å². The van der Waals surface area contributed by atoms with Gasteiger partial charge in [0.2, 0.25) is 0 Å². The van der Waals surface area contributed by atoms with Gasteiger partial charge in [-0.25, -0.2) is 17.5 Å². The predicted molar refractivity (Wildman–Crippen MR) is 124 cm³/mol. The fraction of sp³-hybridized carbons (Fsp3) is 0.0909. The molecule has 34 heavy (non-hydrogen) atoms. The van der Waals surface area contributed by atoms with E-state index in [-0.39, 0.29) is 33.4 Å². The van der Waals surface area contributed by atoms with E-state index in [4.69, 9.17) is 11.6 Å². The minimum atomic E-state index is -4.20. The average Bonchev–Trinajstić information content (AvgIpc) is 3.23. The van der Waals surface area contributed by atoms with Crippen LogP contribution in [0, 0.1) is 10.1 Å². The van der Waals surface area contributed by atoms with Crippen LogP contribution in [0.1, 0.15) is 22.0 Å². The van der Waals surface area contributed by atoms with E-state index in [2.05, 4.69) is 10.6 Å². The standard InChI is InChI=1S/C22H17ClN4O6S/c23-18-12-17(10-11-19(18)24-21(28)15-6-8-16(9-7-15)27(30)31)34(32,33)26-13-20(25-22(26)29)14-4-2-1-3-5-14/h1-12,20H,13H2,(H,24,28)(H,25,29)/t20-/m1/s1. The number of non-ortho nitro benzene ring substituents is 1. The van der Waals surface area contributed by atoms with Gasteiger partial charge in [-0.15, -0.1) is 0 Å². The molecule has 0 aromatic heterocycles. The molecule has 0 spiro atoms. The van der Waals surface area contributed by atoms with Crippen LogP contribution in [-0.4, -0.2) is 36.1 Å². The zero-order chi connectivity index (χ0) is 24.5. The number of hydrogen-bond acceptors (Lipinski definition) is 6. The summed E-state index contributed by atoms with van der Waals surface area (Å²) >= 11 is 6.21. The third kappa shape index (κ3) is 4.56. The van der Waals surface area contributed by atoms with E-state index in [0.29, 0.717) is 0 Å². The number of sulfonamides is 1. The summed E-state index contributed by atoms with van der Waals surface area (Å²) < 4.78 is 26.9. The van der Waals surface area contributed by atoms with Gasteiger partial charge in [-0.1, -0.05) is 41.9 Å². The third-order valence-electron chi connectivity index (χ3n) is 5.19. The second-order valence-corrected chi connectivity index (χ2v) is 9.62. The molecule has 12 heteroatoms. The molecule has 3 aromatic rings. The van der Waals surface area contributed by atoms with Gasteiger partial charge in [-0.3, -0.25) is 14.9 Å². The van der Waals surface area contributed by atoms with Crippen molar-refractivity contribution in [1.29, 1.82) is 0 Å². The Labute approximate surface area is 199 Å². The summed E-state index contributed by atoms with van der Waals surface area (Å²) in [7, 11) is -4.20. The molecule has 0 saturated carbocycles. The van der Waals surface area contributed by atoms with Crippen LogP contribution in [0.15, 0.2) is 77.7 Å². The Morgan fingerprint density at radius 3 is 2.38 bits per heavy atom. The summed E-state index contributed by atoms with van der Waals surface area (Å²) in [5.41, 5.74) is 0.900. The maximum Gasteiger partial charge on any atom is 0.331 e. The zero-order valence-corrected chi connectivity index (χ0v) is 18.9. The number of anilines is 1. The molecule has 3 amide bonds. The van der Waals surface area contributed by atoms with Gasteiger partial charge in [0.15, 0.2) is 0 Å². The van der Waals surface area contributed by atoms with Gasteiger partial charge in [0.05, 0.1) is 33.1 Å². The smallest absolute Gasteiger partial charge is 0.328 e. The second kappa shape index (κ2) is 9.12. The van der Waals surface area contributed by atoms with Crippen LogP contribution in [0.3, 0.4) is 0 Å². The minimum Gasteiger partial charge on any atom is -0.328 e. The quantitative estimate of drug-likeness (QED) is 0.388. The number of urea groups is 1. The van der Waals surface area contributed by atoms with E-state index in [9.17, 15) is 28.1 Å². The Bertz CT molecular complexity index is 1380. The van der Waals surface area contributed by atoms with Crippen LogP contribution >= 0.6 is 11.6 Å². The number of nitrogens with zero attached hydrogens (tertiary/aromatic N) is 2. The summed E-state index contributed by atoms with van der Waals surface area (Å²) in [6.07, 6.45) is 0. The number of halogens is 1. The molecule has 1 aliphatic rings. The Morgan fingerprint density at radius 2 is 1.76 bits per heavy atom. The molecule has 1 atom stereocenters. The lowest BCUT2D eigenvalue weighted by molar-refractivity contribution is -0.384. The second-order valence-electron chi connectivity index (χ2n) is 7.35. The first-order chi connectivity index (χ1) is 16.2. The maximum absolute atomic E-state index is 13.1. The van der Waals surface area contributed by atoms with E-state index in [1.165, 1.54) is 36.4 Å². The fourth-order valence-corrected chi connectivity index (χ4v) is 5.08. The summed E-state index contributed by atoms with van der Waals surface area (Å²) in [4.78, 5) is 34.8. The van der Waals surface area contributed by atoms with E-state index in [1.54, 1.807) is 24.3 Å². The minimum absolute atomic E-state index is 0.0597. The monoisotopic (exact) mass is 500 g/mol. The number of rotatable bonds is 6. The lowest BCUT2D eigenvalue weighted by Crippen LogP contribution is -2.34. The number of nitro benzene ring substituents is 1. The first-order valence-electron chi connectivity index (χ1n) is 9.90. The molecule has 0 aliphatic carbocycles. The number of nitrogens with one attached hydrogen (secondary N) is 2. The zero-order valence-electron chi connectivity index (χ0n) is 17.3. The van der Waals surface area contributed by atoms with Crippen molar-refractivity contribution in [3.63, 3.8) is 0 Å². The molecule has 3 aromatic carbocycles. The van der Waals surface area contributed by atoms with Gasteiger partial charge in [0, 0.05) is 17.7 Å². The lowest BCUT2D eigenvalue weighted by Gasteiger charge is -2.16. The van der Waals surface area contributed by atoms with Crippen LogP contribution < -0.4 is 10.6 Å². The van der Waals surface area contributed by atoms with Gasteiger partial charge in [0.25, 0.3) is 21.6 Å². The van der Waals surface area contributed by atoms with Crippen LogP contribution in [0.2, 0.25) is 5.02 Å². The summed E-state index contributed by atoms with van der Waals surface area (Å²) in [5, 5.41) is 15.9. The van der Waals surface area contributed by atoms with Gasteiger partial charge in [-0.05, 0) is 35.9 Å². The largest absolute Gasteiger partial charge is 0.331 e. The molecule has 4 rings (SSSR count). The van der Waals surface area contributed by atoms with Crippen molar-refractivity contribution in [3.05, 3.63) is 99.1 Å². The Morgan fingerprint density at radius 1 is 1.09 bits per heavy atom. The molecule has 174 valence electrons. The van der Waals surface area contributed by atoms with E-state index in [1.807, 2.05) is 6.07 Å². The van der Waals surface area contributed by atoms with Gasteiger partial charge in [-0.2, -0.15) is 0 Å². The SMILES string of the molecule is O=C(Nc1ccc(S(=O)(=O)N2C[C@H](c3ccccc3)NC2=O)cc1Cl)c1ccc([N+](=O)[O-])cc1. The topological polar surface area (TPSA) is 139 Å². The number of amides is 3. The maximum atomic E-state index is 13.1. The molecular formula is C22H17ClN4O6S. The Balaban J connectivity index is 1.51. The van der Waals surface area contributed by atoms with Crippen LogP contribution in [0.4, 0.5) is 16.2 Å². The summed E-state index contributed by atoms with van der Waals surface area (Å²) in [6.45, 7) is -0.0819. The molecule has 1 heterocycles. The lowest BCUT2D eigenvalue weighted by atomic mass is 10.1. The summed E-state index contributed by atoms with van der Waals surface area (Å²) in [5.74, 6) is -0.586. The molecule has 1 saturated heterocycles. The number of carbonyl (C=O) groups is 2. The molecule has 0 bridgehead atoms. The fourth-order valence-electron chi connectivity index (χ4n) is 3.41. The van der Waals surface area contributed by atoms with Crippen LogP contribution in [0.5, 0.6) is 0 Å². The van der Waals surface area contributed by atoms with Gasteiger partial charge >= 0.3 is 6.03 Å². The first-order valence-corrected chi connectivity index (χ1v) is 11.7. The van der Waals surface area contributed by atoms with Crippen molar-refractivity contribution in [2.75, 3.05) is 11.9 Å². The molecule has 1 fully saturated rings. The molecular weight excluding hydrogens is 484 g/mol. The highest BCUT2D eigenvalue weighted by atomic mass is 35.5. The first kappa shape index (κ1) is 23.2. The highest BCUT2D eigenvalue weighted by molar-refractivity contribution is 7.89. The van der Waals surface area contributed by atoms with Gasteiger partial charge < -0.3 is 10.6 Å². The van der Waals surface area contributed by atoms with Crippen molar-refractivity contribution in [2.45, 2.75) is 10.9 Å². The molecule has 1 aliphatic heterocycles.